The lowest BCUT2D eigenvalue weighted by Crippen LogP contribution is -2.35. The van der Waals surface area contributed by atoms with Gasteiger partial charge in [0.1, 0.15) is 0 Å². The quantitative estimate of drug-likeness (QED) is 0.847. The third-order valence-electron chi connectivity index (χ3n) is 3.42. The second-order valence-corrected chi connectivity index (χ2v) is 4.79. The number of pyridine rings is 1. The Bertz CT molecular complexity index is 651. The Morgan fingerprint density at radius 3 is 2.47 bits per heavy atom. The Balaban J connectivity index is 1.71. The van der Waals surface area contributed by atoms with Gasteiger partial charge in [0, 0.05) is 23.9 Å². The maximum Gasteiger partial charge on any atom is 0.251 e. The van der Waals surface area contributed by atoms with E-state index in [0.29, 0.717) is 5.56 Å². The number of nitrogens with one attached hydrogen (secondary N) is 2. The van der Waals surface area contributed by atoms with Gasteiger partial charge in [-0.3, -0.25) is 9.59 Å². The van der Waals surface area contributed by atoms with Gasteiger partial charge in [0.05, 0.1) is 0 Å². The van der Waals surface area contributed by atoms with Gasteiger partial charge in [-0.2, -0.15) is 0 Å². The lowest BCUT2D eigenvalue weighted by atomic mass is 10.1. The van der Waals surface area contributed by atoms with Gasteiger partial charge in [0.2, 0.25) is 5.56 Å². The zero-order chi connectivity index (χ0) is 13.2. The highest BCUT2D eigenvalue weighted by atomic mass is 16.2. The minimum atomic E-state index is -0.262. The number of carbonyl (C=O) groups is 1. The fraction of sp³-hybridized carbons (Fsp3) is 0.200. The van der Waals surface area contributed by atoms with Crippen LogP contribution in [-0.2, 0) is 12.8 Å². The van der Waals surface area contributed by atoms with Crippen molar-refractivity contribution in [1.29, 1.82) is 0 Å². The van der Waals surface area contributed by atoms with Crippen molar-refractivity contribution in [1.82, 2.24) is 10.3 Å². The fourth-order valence-electron chi connectivity index (χ4n) is 2.52. The molecule has 1 aliphatic rings. The van der Waals surface area contributed by atoms with Crippen molar-refractivity contribution in [2.75, 3.05) is 0 Å². The van der Waals surface area contributed by atoms with Crippen LogP contribution < -0.4 is 10.9 Å². The summed E-state index contributed by atoms with van der Waals surface area (Å²) in [6.45, 7) is 0. The van der Waals surface area contributed by atoms with Crippen LogP contribution in [0.5, 0.6) is 0 Å². The minimum Gasteiger partial charge on any atom is -0.349 e. The van der Waals surface area contributed by atoms with E-state index >= 15 is 0 Å². The van der Waals surface area contributed by atoms with Gasteiger partial charge in [0.25, 0.3) is 5.91 Å². The average molecular weight is 254 g/mol. The highest BCUT2D eigenvalue weighted by Gasteiger charge is 2.22. The van der Waals surface area contributed by atoms with Gasteiger partial charge in [-0.1, -0.05) is 24.3 Å². The number of H-pyrrole nitrogens is 1. The molecule has 0 radical (unpaired) electrons. The summed E-state index contributed by atoms with van der Waals surface area (Å²) in [5.74, 6) is -0.191. The Hall–Kier alpha value is -2.36. The van der Waals surface area contributed by atoms with E-state index < -0.39 is 0 Å². The minimum absolute atomic E-state index is 0.115. The van der Waals surface area contributed by atoms with Crippen LogP contribution in [-0.4, -0.2) is 16.9 Å². The molecule has 2 N–H and O–H groups in total. The van der Waals surface area contributed by atoms with Gasteiger partial charge < -0.3 is 10.3 Å². The average Bonchev–Trinajstić information content (AvgIpc) is 2.80. The van der Waals surface area contributed by atoms with Crippen molar-refractivity contribution in [3.05, 3.63) is 69.6 Å². The van der Waals surface area contributed by atoms with E-state index in [4.69, 9.17) is 0 Å². The fourth-order valence-corrected chi connectivity index (χ4v) is 2.52. The molecule has 0 aliphatic heterocycles. The summed E-state index contributed by atoms with van der Waals surface area (Å²) >= 11 is 0. The van der Waals surface area contributed by atoms with Crippen molar-refractivity contribution in [2.24, 2.45) is 0 Å². The molecule has 0 saturated carbocycles. The van der Waals surface area contributed by atoms with Gasteiger partial charge in [-0.15, -0.1) is 0 Å². The molecule has 1 amide bonds. The summed E-state index contributed by atoms with van der Waals surface area (Å²) < 4.78 is 0. The molecular weight excluding hydrogens is 240 g/mol. The highest BCUT2D eigenvalue weighted by Crippen LogP contribution is 2.21. The summed E-state index contributed by atoms with van der Waals surface area (Å²) in [6.07, 6.45) is 3.19. The van der Waals surface area contributed by atoms with Crippen LogP contribution in [0.3, 0.4) is 0 Å². The lowest BCUT2D eigenvalue weighted by Gasteiger charge is -2.11. The first-order chi connectivity index (χ1) is 9.22. The van der Waals surface area contributed by atoms with Crippen LogP contribution in [0.15, 0.2) is 47.4 Å². The molecule has 1 aromatic heterocycles. The topological polar surface area (TPSA) is 62.0 Å². The van der Waals surface area contributed by atoms with Crippen LogP contribution in [0, 0.1) is 0 Å². The number of fused-ring (bicyclic) bond motifs is 1. The van der Waals surface area contributed by atoms with Crippen LogP contribution in [0.2, 0.25) is 0 Å². The third kappa shape index (κ3) is 2.42. The summed E-state index contributed by atoms with van der Waals surface area (Å²) in [5, 5.41) is 2.98. The second kappa shape index (κ2) is 4.72. The Morgan fingerprint density at radius 1 is 1.16 bits per heavy atom. The zero-order valence-corrected chi connectivity index (χ0v) is 10.3. The van der Waals surface area contributed by atoms with Crippen molar-refractivity contribution in [2.45, 2.75) is 18.9 Å². The second-order valence-electron chi connectivity index (χ2n) is 4.79. The molecule has 1 aliphatic carbocycles. The van der Waals surface area contributed by atoms with E-state index in [2.05, 4.69) is 22.4 Å². The highest BCUT2D eigenvalue weighted by molar-refractivity contribution is 5.94. The predicted octanol–water partition coefficient (Wildman–Crippen LogP) is 1.27. The largest absolute Gasteiger partial charge is 0.349 e. The summed E-state index contributed by atoms with van der Waals surface area (Å²) in [7, 11) is 0. The van der Waals surface area contributed by atoms with Crippen molar-refractivity contribution in [3.63, 3.8) is 0 Å². The Morgan fingerprint density at radius 2 is 1.84 bits per heavy atom. The third-order valence-corrected chi connectivity index (χ3v) is 3.42. The zero-order valence-electron chi connectivity index (χ0n) is 10.3. The molecule has 0 unspecified atom stereocenters. The van der Waals surface area contributed by atoms with E-state index in [0.717, 1.165) is 12.8 Å². The van der Waals surface area contributed by atoms with Gasteiger partial charge in [-0.25, -0.2) is 0 Å². The SMILES string of the molecule is O=C(NC1Cc2ccccc2C1)c1cc[nH]c(=O)c1. The molecule has 19 heavy (non-hydrogen) atoms. The maximum atomic E-state index is 12.0. The lowest BCUT2D eigenvalue weighted by molar-refractivity contribution is 0.0938. The predicted molar refractivity (Wildman–Crippen MR) is 72.2 cm³/mol. The van der Waals surface area contributed by atoms with Gasteiger partial charge >= 0.3 is 0 Å². The molecule has 3 rings (SSSR count). The summed E-state index contributed by atoms with van der Waals surface area (Å²) in [5.41, 5.74) is 2.72. The van der Waals surface area contributed by atoms with Crippen LogP contribution in [0.4, 0.5) is 0 Å². The maximum absolute atomic E-state index is 12.0. The first-order valence-corrected chi connectivity index (χ1v) is 6.29. The van der Waals surface area contributed by atoms with Crippen molar-refractivity contribution >= 4 is 5.91 Å². The molecule has 96 valence electrons. The number of amides is 1. The number of aromatic nitrogens is 1. The Kier molecular flexibility index (Phi) is 2.91. The molecule has 4 heteroatoms. The molecule has 1 heterocycles. The number of rotatable bonds is 2. The van der Waals surface area contributed by atoms with Crippen LogP contribution in [0.25, 0.3) is 0 Å². The number of hydrogen-bond donors (Lipinski definition) is 2. The monoisotopic (exact) mass is 254 g/mol. The van der Waals surface area contributed by atoms with Gasteiger partial charge in [-0.05, 0) is 30.0 Å². The summed E-state index contributed by atoms with van der Waals surface area (Å²) in [6, 6.07) is 11.3. The first-order valence-electron chi connectivity index (χ1n) is 6.29. The molecular formula is C15H14N2O2. The molecule has 0 spiro atoms. The standard InChI is InChI=1S/C15H14N2O2/c18-14-9-12(5-6-16-14)15(19)17-13-7-10-3-1-2-4-11(10)8-13/h1-6,9,13H,7-8H2,(H,16,18)(H,17,19). The van der Waals surface area contributed by atoms with E-state index in [1.54, 1.807) is 6.07 Å². The molecule has 4 nitrogen and oxygen atoms in total. The van der Waals surface area contributed by atoms with Gasteiger partial charge in [0.15, 0.2) is 0 Å². The number of hydrogen-bond acceptors (Lipinski definition) is 2. The van der Waals surface area contributed by atoms with E-state index in [1.807, 2.05) is 12.1 Å². The molecule has 0 atom stereocenters. The number of carbonyl (C=O) groups excluding carboxylic acids is 1. The molecule has 1 aromatic carbocycles. The van der Waals surface area contributed by atoms with E-state index in [9.17, 15) is 9.59 Å². The van der Waals surface area contributed by atoms with E-state index in [1.165, 1.54) is 23.4 Å². The van der Waals surface area contributed by atoms with Crippen LogP contribution >= 0.6 is 0 Å². The number of aromatic amines is 1. The number of benzene rings is 1. The first kappa shape index (κ1) is 11.7. The molecule has 2 aromatic rings. The molecule has 0 bridgehead atoms. The summed E-state index contributed by atoms with van der Waals surface area (Å²) in [4.78, 5) is 25.7. The van der Waals surface area contributed by atoms with Crippen molar-refractivity contribution < 1.29 is 4.79 Å². The Labute approximate surface area is 110 Å². The van der Waals surface area contributed by atoms with Crippen LogP contribution in [0.1, 0.15) is 21.5 Å². The smallest absolute Gasteiger partial charge is 0.251 e. The normalized spacial score (nSPS) is 14.1. The molecule has 0 saturated heterocycles. The molecule has 0 fully saturated rings. The van der Waals surface area contributed by atoms with E-state index in [-0.39, 0.29) is 17.5 Å². The van der Waals surface area contributed by atoms with Crippen molar-refractivity contribution in [3.8, 4) is 0 Å².